The molecule has 1 aromatic heterocycles. The average molecular weight is 291 g/mol. The van der Waals surface area contributed by atoms with E-state index in [-0.39, 0.29) is 0 Å². The fourth-order valence-corrected chi connectivity index (χ4v) is 2.87. The highest BCUT2D eigenvalue weighted by atomic mass is 35.5. The Morgan fingerprint density at radius 1 is 1.25 bits per heavy atom. The zero-order valence-corrected chi connectivity index (χ0v) is 12.4. The number of rotatable bonds is 3. The molecule has 3 rings (SSSR count). The molecule has 1 fully saturated rings. The van der Waals surface area contributed by atoms with Crippen molar-refractivity contribution in [2.24, 2.45) is 7.05 Å². The lowest BCUT2D eigenvalue weighted by Crippen LogP contribution is -2.42. The first-order chi connectivity index (χ1) is 9.74. The van der Waals surface area contributed by atoms with E-state index in [1.165, 1.54) is 5.56 Å². The van der Waals surface area contributed by atoms with E-state index in [1.807, 2.05) is 36.0 Å². The number of hydrogen-bond donors (Lipinski definition) is 1. The molecule has 0 unspecified atom stereocenters. The molecule has 0 bridgehead atoms. The fourth-order valence-electron chi connectivity index (χ4n) is 2.64. The van der Waals surface area contributed by atoms with Gasteiger partial charge in [0, 0.05) is 57.1 Å². The summed E-state index contributed by atoms with van der Waals surface area (Å²) in [5, 5.41) is 8.73. The van der Waals surface area contributed by atoms with Crippen molar-refractivity contribution in [2.75, 3.05) is 26.2 Å². The lowest BCUT2D eigenvalue weighted by molar-refractivity contribution is 0.233. The third-order valence-corrected chi connectivity index (χ3v) is 3.97. The van der Waals surface area contributed by atoms with Crippen molar-refractivity contribution in [3.63, 3.8) is 0 Å². The molecular weight excluding hydrogens is 272 g/mol. The molecule has 0 amide bonds. The smallest absolute Gasteiger partial charge is 0.0983 e. The Labute approximate surface area is 124 Å². The lowest BCUT2D eigenvalue weighted by atomic mass is 10.1. The van der Waals surface area contributed by atoms with Crippen LogP contribution in [0.15, 0.2) is 30.5 Å². The Kier molecular flexibility index (Phi) is 4.05. The number of nitrogens with one attached hydrogen (secondary N) is 1. The standard InChI is InChI=1S/C15H19ClN4/c1-19-10-12(11-20-8-6-17-7-9-20)15(18-19)13-4-2-3-5-14(13)16/h2-5,10,17H,6-9,11H2,1H3. The molecule has 1 aromatic carbocycles. The van der Waals surface area contributed by atoms with Crippen LogP contribution >= 0.6 is 11.6 Å². The second-order valence-electron chi connectivity index (χ2n) is 5.18. The first kappa shape index (κ1) is 13.6. The van der Waals surface area contributed by atoms with Gasteiger partial charge in [-0.2, -0.15) is 5.10 Å². The van der Waals surface area contributed by atoms with Gasteiger partial charge in [-0.3, -0.25) is 9.58 Å². The zero-order valence-electron chi connectivity index (χ0n) is 11.6. The average Bonchev–Trinajstić information content (AvgIpc) is 2.81. The van der Waals surface area contributed by atoms with Crippen LogP contribution in [0.5, 0.6) is 0 Å². The van der Waals surface area contributed by atoms with Gasteiger partial charge in [0.05, 0.1) is 10.7 Å². The highest BCUT2D eigenvalue weighted by Gasteiger charge is 2.17. The molecular formula is C15H19ClN4. The summed E-state index contributed by atoms with van der Waals surface area (Å²) < 4.78 is 1.87. The summed E-state index contributed by atoms with van der Waals surface area (Å²) in [5.41, 5.74) is 3.25. The van der Waals surface area contributed by atoms with Crippen LogP contribution in [0.2, 0.25) is 5.02 Å². The second kappa shape index (κ2) is 5.95. The van der Waals surface area contributed by atoms with E-state index in [2.05, 4.69) is 21.5 Å². The predicted molar refractivity (Wildman–Crippen MR) is 81.8 cm³/mol. The first-order valence-electron chi connectivity index (χ1n) is 6.94. The Balaban J connectivity index is 1.90. The normalized spacial score (nSPS) is 16.5. The van der Waals surface area contributed by atoms with Gasteiger partial charge in [0.15, 0.2) is 0 Å². The maximum Gasteiger partial charge on any atom is 0.0983 e. The van der Waals surface area contributed by atoms with Crippen LogP contribution in [0.25, 0.3) is 11.3 Å². The molecule has 0 aliphatic carbocycles. The molecule has 106 valence electrons. The fraction of sp³-hybridized carbons (Fsp3) is 0.400. The van der Waals surface area contributed by atoms with Crippen molar-refractivity contribution in [3.05, 3.63) is 41.0 Å². The molecule has 20 heavy (non-hydrogen) atoms. The quantitative estimate of drug-likeness (QED) is 0.940. The minimum Gasteiger partial charge on any atom is -0.314 e. The van der Waals surface area contributed by atoms with Crippen molar-refractivity contribution in [1.82, 2.24) is 20.0 Å². The zero-order chi connectivity index (χ0) is 13.9. The third-order valence-electron chi connectivity index (χ3n) is 3.64. The Morgan fingerprint density at radius 2 is 2.00 bits per heavy atom. The van der Waals surface area contributed by atoms with Crippen LogP contribution in [0, 0.1) is 0 Å². The number of nitrogens with zero attached hydrogens (tertiary/aromatic N) is 3. The largest absolute Gasteiger partial charge is 0.314 e. The van der Waals surface area contributed by atoms with E-state index in [9.17, 15) is 0 Å². The minimum absolute atomic E-state index is 0.757. The number of halogens is 1. The van der Waals surface area contributed by atoms with Gasteiger partial charge in [-0.25, -0.2) is 0 Å². The van der Waals surface area contributed by atoms with E-state index in [1.54, 1.807) is 0 Å². The number of benzene rings is 1. The molecule has 5 heteroatoms. The lowest BCUT2D eigenvalue weighted by Gasteiger charge is -2.27. The molecule has 1 aliphatic rings. The van der Waals surface area contributed by atoms with Crippen LogP contribution in [0.1, 0.15) is 5.56 Å². The van der Waals surface area contributed by atoms with E-state index >= 15 is 0 Å². The van der Waals surface area contributed by atoms with Gasteiger partial charge in [0.25, 0.3) is 0 Å². The maximum absolute atomic E-state index is 6.31. The van der Waals surface area contributed by atoms with E-state index < -0.39 is 0 Å². The molecule has 2 heterocycles. The van der Waals surface area contributed by atoms with Crippen molar-refractivity contribution >= 4 is 11.6 Å². The molecule has 2 aromatic rings. The summed E-state index contributed by atoms with van der Waals surface area (Å²) in [6.07, 6.45) is 2.10. The van der Waals surface area contributed by atoms with Crippen LogP contribution in [-0.4, -0.2) is 40.9 Å². The molecule has 0 saturated carbocycles. The van der Waals surface area contributed by atoms with E-state index in [4.69, 9.17) is 11.6 Å². The number of hydrogen-bond acceptors (Lipinski definition) is 3. The molecule has 1 saturated heterocycles. The van der Waals surface area contributed by atoms with Gasteiger partial charge < -0.3 is 5.32 Å². The van der Waals surface area contributed by atoms with Crippen LogP contribution in [0.3, 0.4) is 0 Å². The summed E-state index contributed by atoms with van der Waals surface area (Å²) in [5.74, 6) is 0. The maximum atomic E-state index is 6.31. The summed E-state index contributed by atoms with van der Waals surface area (Å²) in [6.45, 7) is 5.20. The second-order valence-corrected chi connectivity index (χ2v) is 5.59. The number of aromatic nitrogens is 2. The highest BCUT2D eigenvalue weighted by Crippen LogP contribution is 2.29. The monoisotopic (exact) mass is 290 g/mol. The first-order valence-corrected chi connectivity index (χ1v) is 7.32. The third kappa shape index (κ3) is 2.87. The summed E-state index contributed by atoms with van der Waals surface area (Å²) in [4.78, 5) is 2.45. The van der Waals surface area contributed by atoms with Crippen LogP contribution in [-0.2, 0) is 13.6 Å². The van der Waals surface area contributed by atoms with Crippen LogP contribution in [0.4, 0.5) is 0 Å². The van der Waals surface area contributed by atoms with Crippen molar-refractivity contribution in [2.45, 2.75) is 6.54 Å². The van der Waals surface area contributed by atoms with Crippen LogP contribution < -0.4 is 5.32 Å². The Hall–Kier alpha value is -1.36. The molecule has 0 spiro atoms. The minimum atomic E-state index is 0.757. The molecule has 0 radical (unpaired) electrons. The topological polar surface area (TPSA) is 33.1 Å². The predicted octanol–water partition coefficient (Wildman–Crippen LogP) is 2.15. The van der Waals surface area contributed by atoms with E-state index in [0.717, 1.165) is 49.0 Å². The van der Waals surface area contributed by atoms with Gasteiger partial charge in [-0.05, 0) is 6.07 Å². The summed E-state index contributed by atoms with van der Waals surface area (Å²) in [7, 11) is 1.96. The SMILES string of the molecule is Cn1cc(CN2CCNCC2)c(-c2ccccc2Cl)n1. The van der Waals surface area contributed by atoms with Gasteiger partial charge in [-0.15, -0.1) is 0 Å². The van der Waals surface area contributed by atoms with E-state index in [0.29, 0.717) is 0 Å². The molecule has 4 nitrogen and oxygen atoms in total. The molecule has 0 atom stereocenters. The van der Waals surface area contributed by atoms with Crippen molar-refractivity contribution < 1.29 is 0 Å². The molecule has 1 aliphatic heterocycles. The Morgan fingerprint density at radius 3 is 2.75 bits per heavy atom. The number of piperazine rings is 1. The summed E-state index contributed by atoms with van der Waals surface area (Å²) >= 11 is 6.31. The highest BCUT2D eigenvalue weighted by molar-refractivity contribution is 6.33. The van der Waals surface area contributed by atoms with Crippen molar-refractivity contribution in [1.29, 1.82) is 0 Å². The van der Waals surface area contributed by atoms with Gasteiger partial charge in [0.2, 0.25) is 0 Å². The molecule has 1 N–H and O–H groups in total. The van der Waals surface area contributed by atoms with Gasteiger partial charge in [0.1, 0.15) is 0 Å². The van der Waals surface area contributed by atoms with Gasteiger partial charge in [-0.1, -0.05) is 29.8 Å². The van der Waals surface area contributed by atoms with Gasteiger partial charge >= 0.3 is 0 Å². The number of aryl methyl sites for hydroxylation is 1. The Bertz CT molecular complexity index is 587. The van der Waals surface area contributed by atoms with Crippen molar-refractivity contribution in [3.8, 4) is 11.3 Å². The summed E-state index contributed by atoms with van der Waals surface area (Å²) in [6, 6.07) is 7.90.